The van der Waals surface area contributed by atoms with E-state index in [0.29, 0.717) is 12.0 Å². The standard InChI is InChI=1S/C24H27ClF2N4O5/c1-13(2)36-30-21(28)15-5-3-14(4-6-15)12-29-22(33)19-7-8-31(19)23(34)20(32)16-9-17(25)11-18(10-16)35-24(26)27/h3-6,9-11,13,19-20,24,32H,7-8,12H2,1-2H3,(H2,28,30)(H,29,33)/t19-,20+/m0/s1. The Hall–Kier alpha value is -3.44. The van der Waals surface area contributed by atoms with Crippen LogP contribution >= 0.6 is 11.6 Å². The lowest BCUT2D eigenvalue weighted by molar-refractivity contribution is -0.154. The number of rotatable bonds is 10. The van der Waals surface area contributed by atoms with Crippen LogP contribution in [0.3, 0.4) is 0 Å². The van der Waals surface area contributed by atoms with E-state index in [1.54, 1.807) is 24.3 Å². The number of nitrogens with zero attached hydrogens (tertiary/aromatic N) is 2. The number of benzene rings is 2. The van der Waals surface area contributed by atoms with E-state index in [0.717, 1.165) is 17.7 Å². The zero-order valence-electron chi connectivity index (χ0n) is 19.7. The monoisotopic (exact) mass is 524 g/mol. The molecule has 4 N–H and O–H groups in total. The number of nitrogens with two attached hydrogens (primary N) is 1. The second-order valence-corrected chi connectivity index (χ2v) is 8.82. The van der Waals surface area contributed by atoms with Gasteiger partial charge in [0.1, 0.15) is 17.9 Å². The third-order valence-corrected chi connectivity index (χ3v) is 5.57. The Bertz CT molecular complexity index is 1110. The SMILES string of the molecule is CC(C)O/N=C(\N)c1ccc(CNC(=O)[C@@H]2CCN2C(=O)[C@H](O)c2cc(Cl)cc(OC(F)F)c2)cc1. The van der Waals surface area contributed by atoms with Crippen LogP contribution in [0.1, 0.15) is 43.1 Å². The van der Waals surface area contributed by atoms with E-state index in [4.69, 9.17) is 22.2 Å². The molecule has 1 fully saturated rings. The molecule has 1 aliphatic heterocycles. The van der Waals surface area contributed by atoms with Crippen LogP contribution in [0.2, 0.25) is 5.02 Å². The minimum Gasteiger partial charge on any atom is -0.435 e. The second-order valence-electron chi connectivity index (χ2n) is 8.38. The van der Waals surface area contributed by atoms with Gasteiger partial charge in [-0.05, 0) is 49.6 Å². The van der Waals surface area contributed by atoms with Gasteiger partial charge in [-0.15, -0.1) is 0 Å². The number of aliphatic hydroxyl groups is 1. The van der Waals surface area contributed by atoms with Crippen molar-refractivity contribution < 1.29 is 33.1 Å². The van der Waals surface area contributed by atoms with Gasteiger partial charge in [-0.2, -0.15) is 8.78 Å². The summed E-state index contributed by atoms with van der Waals surface area (Å²) in [5, 5.41) is 17.1. The average Bonchev–Trinajstić information content (AvgIpc) is 2.79. The number of nitrogens with one attached hydrogen (secondary N) is 1. The molecular weight excluding hydrogens is 498 g/mol. The van der Waals surface area contributed by atoms with Crippen molar-refractivity contribution in [1.82, 2.24) is 10.2 Å². The van der Waals surface area contributed by atoms with Crippen molar-refractivity contribution in [2.75, 3.05) is 6.54 Å². The molecule has 1 heterocycles. The van der Waals surface area contributed by atoms with E-state index < -0.39 is 24.7 Å². The summed E-state index contributed by atoms with van der Waals surface area (Å²) in [4.78, 5) is 31.8. The summed E-state index contributed by atoms with van der Waals surface area (Å²) in [6, 6.07) is 9.80. The highest BCUT2D eigenvalue weighted by molar-refractivity contribution is 6.30. The molecule has 2 aromatic rings. The predicted octanol–water partition coefficient (Wildman–Crippen LogP) is 2.94. The van der Waals surface area contributed by atoms with E-state index in [1.807, 2.05) is 13.8 Å². The number of hydrogen-bond acceptors (Lipinski definition) is 6. The molecule has 1 aliphatic rings. The number of carbonyl (C=O) groups excluding carboxylic acids is 2. The Kier molecular flexibility index (Phi) is 9.05. The maximum Gasteiger partial charge on any atom is 0.387 e. The van der Waals surface area contributed by atoms with Crippen molar-refractivity contribution in [3.05, 3.63) is 64.2 Å². The molecular formula is C24H27ClF2N4O5. The summed E-state index contributed by atoms with van der Waals surface area (Å²) < 4.78 is 29.3. The van der Waals surface area contributed by atoms with Gasteiger partial charge in [-0.1, -0.05) is 41.0 Å². The lowest BCUT2D eigenvalue weighted by atomic mass is 9.98. The Labute approximate surface area is 211 Å². The molecule has 12 heteroatoms. The molecule has 2 atom stereocenters. The maximum absolute atomic E-state index is 12.8. The third-order valence-electron chi connectivity index (χ3n) is 5.35. The van der Waals surface area contributed by atoms with Crippen LogP contribution < -0.4 is 15.8 Å². The molecule has 9 nitrogen and oxygen atoms in total. The second kappa shape index (κ2) is 12.0. The molecule has 1 saturated heterocycles. The Morgan fingerprint density at radius 3 is 2.53 bits per heavy atom. The molecule has 0 radical (unpaired) electrons. The number of ether oxygens (including phenoxy) is 1. The normalized spacial score (nSPS) is 16.5. The Morgan fingerprint density at radius 1 is 1.25 bits per heavy atom. The van der Waals surface area contributed by atoms with Crippen molar-refractivity contribution in [2.24, 2.45) is 10.9 Å². The first kappa shape index (κ1) is 27.2. The van der Waals surface area contributed by atoms with Crippen LogP contribution in [0.4, 0.5) is 8.78 Å². The van der Waals surface area contributed by atoms with E-state index in [1.165, 1.54) is 11.0 Å². The van der Waals surface area contributed by atoms with Crippen LogP contribution in [0.25, 0.3) is 0 Å². The minimum atomic E-state index is -3.09. The maximum atomic E-state index is 12.8. The first-order valence-corrected chi connectivity index (χ1v) is 11.5. The lowest BCUT2D eigenvalue weighted by Gasteiger charge is -2.40. The fourth-order valence-electron chi connectivity index (χ4n) is 3.45. The quantitative estimate of drug-likeness (QED) is 0.249. The van der Waals surface area contributed by atoms with Crippen molar-refractivity contribution in [3.8, 4) is 5.75 Å². The summed E-state index contributed by atoms with van der Waals surface area (Å²) in [6.45, 7) is 1.05. The Balaban J connectivity index is 1.57. The van der Waals surface area contributed by atoms with E-state index in [-0.39, 0.29) is 47.3 Å². The number of amidine groups is 1. The fourth-order valence-corrected chi connectivity index (χ4v) is 3.69. The summed E-state index contributed by atoms with van der Waals surface area (Å²) in [5.74, 6) is -1.18. The largest absolute Gasteiger partial charge is 0.435 e. The van der Waals surface area contributed by atoms with Gasteiger partial charge in [0, 0.05) is 23.7 Å². The molecule has 0 saturated carbocycles. The molecule has 2 aromatic carbocycles. The molecule has 0 unspecified atom stereocenters. The van der Waals surface area contributed by atoms with Gasteiger partial charge in [-0.25, -0.2) is 0 Å². The summed E-state index contributed by atoms with van der Waals surface area (Å²) in [5.41, 5.74) is 7.32. The third kappa shape index (κ3) is 7.05. The van der Waals surface area contributed by atoms with Crippen molar-refractivity contribution >= 4 is 29.3 Å². The van der Waals surface area contributed by atoms with Crippen molar-refractivity contribution in [1.29, 1.82) is 0 Å². The lowest BCUT2D eigenvalue weighted by Crippen LogP contribution is -2.59. The molecule has 0 spiro atoms. The fraction of sp³-hybridized carbons (Fsp3) is 0.375. The van der Waals surface area contributed by atoms with E-state index in [9.17, 15) is 23.5 Å². The number of amides is 2. The molecule has 2 amide bonds. The van der Waals surface area contributed by atoms with Crippen LogP contribution in [0.5, 0.6) is 5.75 Å². The molecule has 0 aliphatic carbocycles. The molecule has 3 rings (SSSR count). The highest BCUT2D eigenvalue weighted by Crippen LogP contribution is 2.29. The number of oxime groups is 1. The van der Waals surface area contributed by atoms with Gasteiger partial charge in [-0.3, -0.25) is 9.59 Å². The van der Waals surface area contributed by atoms with Gasteiger partial charge in [0.15, 0.2) is 11.9 Å². The molecule has 0 bridgehead atoms. The highest BCUT2D eigenvalue weighted by atomic mass is 35.5. The molecule has 194 valence electrons. The molecule has 36 heavy (non-hydrogen) atoms. The number of hydrogen-bond donors (Lipinski definition) is 3. The number of alkyl halides is 2. The van der Waals surface area contributed by atoms with Crippen LogP contribution in [0, 0.1) is 0 Å². The van der Waals surface area contributed by atoms with Gasteiger partial charge >= 0.3 is 6.61 Å². The van der Waals surface area contributed by atoms with E-state index >= 15 is 0 Å². The van der Waals surface area contributed by atoms with Gasteiger partial charge in [0.05, 0.1) is 0 Å². The number of aliphatic hydroxyl groups excluding tert-OH is 1. The Morgan fingerprint density at radius 2 is 1.94 bits per heavy atom. The van der Waals surface area contributed by atoms with Crippen LogP contribution in [0.15, 0.2) is 47.6 Å². The summed E-state index contributed by atoms with van der Waals surface area (Å²) in [7, 11) is 0. The number of halogens is 3. The zero-order chi connectivity index (χ0) is 26.4. The summed E-state index contributed by atoms with van der Waals surface area (Å²) in [6.07, 6.45) is -1.38. The average molecular weight is 525 g/mol. The van der Waals surface area contributed by atoms with Gasteiger partial charge in [0.25, 0.3) is 5.91 Å². The van der Waals surface area contributed by atoms with Gasteiger partial charge < -0.3 is 30.6 Å². The van der Waals surface area contributed by atoms with Crippen molar-refractivity contribution in [3.63, 3.8) is 0 Å². The summed E-state index contributed by atoms with van der Waals surface area (Å²) >= 11 is 5.90. The minimum absolute atomic E-state index is 0.0133. The first-order chi connectivity index (χ1) is 17.0. The highest BCUT2D eigenvalue weighted by Gasteiger charge is 2.40. The zero-order valence-corrected chi connectivity index (χ0v) is 20.4. The van der Waals surface area contributed by atoms with Crippen LogP contribution in [-0.2, 0) is 21.0 Å². The number of carbonyl (C=O) groups is 2. The predicted molar refractivity (Wildman–Crippen MR) is 128 cm³/mol. The van der Waals surface area contributed by atoms with E-state index in [2.05, 4.69) is 15.2 Å². The van der Waals surface area contributed by atoms with Crippen LogP contribution in [-0.4, -0.2) is 53.0 Å². The first-order valence-electron chi connectivity index (χ1n) is 11.1. The smallest absolute Gasteiger partial charge is 0.387 e. The molecule has 0 aromatic heterocycles. The van der Waals surface area contributed by atoms with Crippen molar-refractivity contribution in [2.45, 2.75) is 51.7 Å². The van der Waals surface area contributed by atoms with Gasteiger partial charge in [0.2, 0.25) is 5.91 Å². The topological polar surface area (TPSA) is 126 Å². The number of likely N-dealkylation sites (tertiary alicyclic amines) is 1.